The maximum absolute atomic E-state index is 13.1. The second-order valence-electron chi connectivity index (χ2n) is 8.56. The quantitative estimate of drug-likeness (QED) is 0.330. The zero-order valence-electron chi connectivity index (χ0n) is 19.4. The van der Waals surface area contributed by atoms with E-state index in [1.54, 1.807) is 12.1 Å². The zero-order valence-corrected chi connectivity index (χ0v) is 21.5. The fraction of sp³-hybridized carbons (Fsp3) is 0.346. The van der Waals surface area contributed by atoms with E-state index in [1.165, 1.54) is 5.56 Å². The van der Waals surface area contributed by atoms with Gasteiger partial charge in [0.25, 0.3) is 5.91 Å². The molecular weight excluding hydrogens is 541 g/mol. The molecule has 4 rings (SSSR count). The van der Waals surface area contributed by atoms with Crippen molar-refractivity contribution in [2.45, 2.75) is 32.6 Å². The molecule has 34 heavy (non-hydrogen) atoms. The maximum Gasteiger partial charge on any atom is 0.255 e. The molecule has 0 bridgehead atoms. The highest BCUT2D eigenvalue weighted by Crippen LogP contribution is 2.29. The highest BCUT2D eigenvalue weighted by Gasteiger charge is 2.21. The first-order chi connectivity index (χ1) is 16.5. The van der Waals surface area contributed by atoms with Crippen molar-refractivity contribution in [1.29, 1.82) is 0 Å². The summed E-state index contributed by atoms with van der Waals surface area (Å²) in [5.74, 6) is 0.151. The molecule has 0 unspecified atom stereocenters. The number of aliphatic imine (C=N–C) groups is 1. The standard InChI is InChI=1S/C26H30IN5O2/c1-2-11-32(12-9-27)26(34)20-13-18-5-6-19(15-23(18)31-24(28)16-20)25(33)30-21-7-8-22-17(14-21)4-3-10-29-22/h5-8,13-15,29H,2-4,9-12,16H2,1H3,(H2,28,31)(H,30,33). The van der Waals surface area contributed by atoms with Crippen molar-refractivity contribution in [3.8, 4) is 0 Å². The molecule has 0 aliphatic carbocycles. The summed E-state index contributed by atoms with van der Waals surface area (Å²) in [4.78, 5) is 32.5. The fourth-order valence-corrected chi connectivity index (χ4v) is 4.90. The van der Waals surface area contributed by atoms with Crippen LogP contribution in [0.1, 0.15) is 47.7 Å². The van der Waals surface area contributed by atoms with Gasteiger partial charge < -0.3 is 21.3 Å². The Bertz CT molecular complexity index is 1150. The van der Waals surface area contributed by atoms with Gasteiger partial charge in [0.1, 0.15) is 5.84 Å². The average Bonchev–Trinajstić information content (AvgIpc) is 3.00. The molecule has 8 heteroatoms. The van der Waals surface area contributed by atoms with E-state index in [1.807, 2.05) is 35.2 Å². The van der Waals surface area contributed by atoms with Gasteiger partial charge in [0.05, 0.1) is 5.69 Å². The van der Waals surface area contributed by atoms with Crippen molar-refractivity contribution in [3.63, 3.8) is 0 Å². The smallest absolute Gasteiger partial charge is 0.255 e. The van der Waals surface area contributed by atoms with Crippen LogP contribution >= 0.6 is 22.6 Å². The Hall–Kier alpha value is -2.88. The lowest BCUT2D eigenvalue weighted by atomic mass is 10.0. The summed E-state index contributed by atoms with van der Waals surface area (Å²) in [6, 6.07) is 11.3. The number of carbonyl (C=O) groups is 2. The number of nitrogens with two attached hydrogens (primary N) is 1. The van der Waals surface area contributed by atoms with Crippen LogP contribution in [-0.4, -0.2) is 46.6 Å². The number of nitrogens with zero attached hydrogens (tertiary/aromatic N) is 2. The molecule has 0 atom stereocenters. The second-order valence-corrected chi connectivity index (χ2v) is 9.64. The topological polar surface area (TPSA) is 99.8 Å². The number of anilines is 2. The highest BCUT2D eigenvalue weighted by atomic mass is 127. The van der Waals surface area contributed by atoms with Crippen LogP contribution in [-0.2, 0) is 11.2 Å². The summed E-state index contributed by atoms with van der Waals surface area (Å²) in [5.41, 5.74) is 11.8. The minimum Gasteiger partial charge on any atom is -0.387 e. The van der Waals surface area contributed by atoms with E-state index < -0.39 is 0 Å². The average molecular weight is 571 g/mol. The first-order valence-electron chi connectivity index (χ1n) is 11.7. The molecule has 0 saturated carbocycles. The molecular formula is C26H30IN5O2. The molecule has 2 aliphatic rings. The molecule has 178 valence electrons. The Morgan fingerprint density at radius 3 is 2.85 bits per heavy atom. The van der Waals surface area contributed by atoms with E-state index in [9.17, 15) is 9.59 Å². The van der Waals surface area contributed by atoms with Crippen molar-refractivity contribution in [1.82, 2.24) is 4.90 Å². The van der Waals surface area contributed by atoms with Crippen molar-refractivity contribution >= 4 is 63.4 Å². The summed E-state index contributed by atoms with van der Waals surface area (Å²) in [5, 5.41) is 6.37. The van der Waals surface area contributed by atoms with Gasteiger partial charge in [-0.1, -0.05) is 35.6 Å². The first-order valence-corrected chi connectivity index (χ1v) is 13.2. The van der Waals surface area contributed by atoms with Gasteiger partial charge in [-0.2, -0.15) is 0 Å². The Kier molecular flexibility index (Phi) is 7.87. The lowest BCUT2D eigenvalue weighted by Crippen LogP contribution is -2.35. The van der Waals surface area contributed by atoms with Crippen LogP contribution in [0.2, 0.25) is 0 Å². The summed E-state index contributed by atoms with van der Waals surface area (Å²) in [6.07, 6.45) is 5.13. The minimum atomic E-state index is -0.207. The number of aryl methyl sites for hydroxylation is 1. The molecule has 2 aromatic rings. The van der Waals surface area contributed by atoms with Crippen molar-refractivity contribution in [3.05, 3.63) is 58.7 Å². The third-order valence-corrected chi connectivity index (χ3v) is 6.45. The lowest BCUT2D eigenvalue weighted by Gasteiger charge is -2.22. The van der Waals surface area contributed by atoms with Gasteiger partial charge in [-0.25, -0.2) is 4.99 Å². The van der Waals surface area contributed by atoms with Crippen LogP contribution in [0, 0.1) is 0 Å². The largest absolute Gasteiger partial charge is 0.387 e. The van der Waals surface area contributed by atoms with E-state index in [-0.39, 0.29) is 11.8 Å². The van der Waals surface area contributed by atoms with Crippen LogP contribution in [0.5, 0.6) is 0 Å². The number of alkyl halides is 1. The van der Waals surface area contributed by atoms with Gasteiger partial charge in [-0.3, -0.25) is 9.59 Å². The van der Waals surface area contributed by atoms with Gasteiger partial charge in [0.15, 0.2) is 0 Å². The third kappa shape index (κ3) is 5.60. The monoisotopic (exact) mass is 571 g/mol. The van der Waals surface area contributed by atoms with E-state index in [0.29, 0.717) is 42.2 Å². The number of hydrogen-bond acceptors (Lipinski definition) is 5. The molecule has 0 radical (unpaired) electrons. The summed E-state index contributed by atoms with van der Waals surface area (Å²) < 4.78 is 0.871. The molecule has 2 heterocycles. The fourth-order valence-electron chi connectivity index (χ4n) is 4.32. The Labute approximate surface area is 214 Å². The number of halogens is 1. The Morgan fingerprint density at radius 2 is 2.06 bits per heavy atom. The normalized spacial score (nSPS) is 14.5. The molecule has 4 N–H and O–H groups in total. The Balaban J connectivity index is 1.56. The number of fused-ring (bicyclic) bond motifs is 2. The Morgan fingerprint density at radius 1 is 1.21 bits per heavy atom. The maximum atomic E-state index is 13.1. The van der Waals surface area contributed by atoms with E-state index >= 15 is 0 Å². The van der Waals surface area contributed by atoms with E-state index in [2.05, 4.69) is 45.1 Å². The lowest BCUT2D eigenvalue weighted by molar-refractivity contribution is -0.126. The molecule has 0 aromatic heterocycles. The zero-order chi connectivity index (χ0) is 24.1. The van der Waals surface area contributed by atoms with Gasteiger partial charge in [0.2, 0.25) is 5.91 Å². The molecule has 2 aromatic carbocycles. The molecule has 0 fully saturated rings. The van der Waals surface area contributed by atoms with Crippen LogP contribution in [0.3, 0.4) is 0 Å². The molecule has 0 spiro atoms. The van der Waals surface area contributed by atoms with Crippen molar-refractivity contribution in [2.75, 3.05) is 34.7 Å². The number of nitrogens with one attached hydrogen (secondary N) is 2. The molecule has 2 aliphatic heterocycles. The molecule has 2 amide bonds. The van der Waals surface area contributed by atoms with Gasteiger partial charge >= 0.3 is 0 Å². The first kappa shape index (κ1) is 24.3. The van der Waals surface area contributed by atoms with E-state index in [0.717, 1.165) is 47.2 Å². The number of amides is 2. The molecule has 7 nitrogen and oxygen atoms in total. The minimum absolute atomic E-state index is 0.00626. The second kappa shape index (κ2) is 11.0. The predicted molar refractivity (Wildman–Crippen MR) is 147 cm³/mol. The van der Waals surface area contributed by atoms with Gasteiger partial charge in [-0.05, 0) is 61.2 Å². The number of carbonyl (C=O) groups excluding carboxylic acids is 2. The number of hydrogen-bond donors (Lipinski definition) is 3. The van der Waals surface area contributed by atoms with E-state index in [4.69, 9.17) is 5.73 Å². The van der Waals surface area contributed by atoms with Crippen LogP contribution < -0.4 is 16.4 Å². The van der Waals surface area contributed by atoms with Crippen LogP contribution in [0.15, 0.2) is 47.0 Å². The number of benzene rings is 2. The van der Waals surface area contributed by atoms with Gasteiger partial charge in [-0.15, -0.1) is 0 Å². The van der Waals surface area contributed by atoms with Crippen LogP contribution in [0.4, 0.5) is 17.1 Å². The predicted octanol–water partition coefficient (Wildman–Crippen LogP) is 4.75. The summed E-state index contributed by atoms with van der Waals surface area (Å²) in [6.45, 7) is 4.45. The summed E-state index contributed by atoms with van der Waals surface area (Å²) in [7, 11) is 0. The van der Waals surface area contributed by atoms with Crippen molar-refractivity contribution < 1.29 is 9.59 Å². The summed E-state index contributed by atoms with van der Waals surface area (Å²) >= 11 is 2.28. The van der Waals surface area contributed by atoms with Gasteiger partial charge in [0, 0.05) is 58.6 Å². The van der Waals surface area contributed by atoms with Crippen LogP contribution in [0.25, 0.3) is 6.08 Å². The number of rotatable bonds is 7. The highest BCUT2D eigenvalue weighted by molar-refractivity contribution is 14.1. The molecule has 0 saturated heterocycles. The SMILES string of the molecule is CCCN(CCI)C(=O)C1=Cc2ccc(C(=O)Nc3ccc4c(c3)CCCN4)cc2N=C(N)C1. The van der Waals surface area contributed by atoms with Crippen molar-refractivity contribution in [2.24, 2.45) is 10.7 Å². The third-order valence-electron chi connectivity index (χ3n) is 5.97. The number of amidine groups is 1.